The number of hydrogen-bond donors (Lipinski definition) is 0. The molecule has 0 spiro atoms. The first kappa shape index (κ1) is 15.4. The molecule has 3 aromatic rings. The second-order valence-electron chi connectivity index (χ2n) is 5.21. The molecule has 0 aromatic heterocycles. The predicted molar refractivity (Wildman–Crippen MR) is 100 cm³/mol. The van der Waals surface area contributed by atoms with Gasteiger partial charge in [0.1, 0.15) is 29.5 Å². The van der Waals surface area contributed by atoms with Gasteiger partial charge >= 0.3 is 0 Å². The van der Waals surface area contributed by atoms with Crippen molar-refractivity contribution in [1.29, 1.82) is 0 Å². The van der Waals surface area contributed by atoms with E-state index in [-0.39, 0.29) is 0 Å². The maximum absolute atomic E-state index is 11.1. The van der Waals surface area contributed by atoms with Gasteiger partial charge in [0.2, 0.25) is 0 Å². The van der Waals surface area contributed by atoms with Crippen LogP contribution in [0, 0.1) is 0 Å². The molecule has 0 saturated heterocycles. The van der Waals surface area contributed by atoms with Gasteiger partial charge in [-0.1, -0.05) is 54.6 Å². The quantitative estimate of drug-likeness (QED) is 0.398. The maximum Gasteiger partial charge on any atom is 0.146 e. The lowest BCUT2D eigenvalue weighted by molar-refractivity contribution is -0.104. The van der Waals surface area contributed by atoms with E-state index in [9.17, 15) is 4.79 Å². The summed E-state index contributed by atoms with van der Waals surface area (Å²) in [6.07, 6.45) is 2.50. The molecule has 0 heterocycles. The van der Waals surface area contributed by atoms with Crippen LogP contribution in [0.25, 0.3) is 0 Å². The van der Waals surface area contributed by atoms with Crippen molar-refractivity contribution in [2.75, 3.05) is 0 Å². The van der Waals surface area contributed by atoms with Crippen LogP contribution in [0.3, 0.4) is 0 Å². The summed E-state index contributed by atoms with van der Waals surface area (Å²) < 4.78 is 0. The maximum atomic E-state index is 11.1. The molecule has 23 heavy (non-hydrogen) atoms. The van der Waals surface area contributed by atoms with Crippen molar-refractivity contribution in [3.8, 4) is 0 Å². The Morgan fingerprint density at radius 3 is 1.22 bits per heavy atom. The summed E-state index contributed by atoms with van der Waals surface area (Å²) in [6, 6.07) is 31.4. The fourth-order valence-corrected chi connectivity index (χ4v) is 6.53. The summed E-state index contributed by atoms with van der Waals surface area (Å²) in [4.78, 5) is 11.1. The van der Waals surface area contributed by atoms with Crippen LogP contribution in [0.4, 0.5) is 0 Å². The van der Waals surface area contributed by atoms with Crippen LogP contribution in [0.15, 0.2) is 103 Å². The van der Waals surface area contributed by atoms with Crippen molar-refractivity contribution < 1.29 is 4.79 Å². The molecule has 0 radical (unpaired) electrons. The lowest BCUT2D eigenvalue weighted by Gasteiger charge is -2.23. The minimum absolute atomic E-state index is 0.865. The number of aldehydes is 1. The second kappa shape index (κ2) is 7.17. The summed E-state index contributed by atoms with van der Waals surface area (Å²) in [5.74, 6) is 2.10. The summed E-state index contributed by atoms with van der Waals surface area (Å²) in [5.41, 5.74) is 0. The van der Waals surface area contributed by atoms with Crippen molar-refractivity contribution in [2.24, 2.45) is 0 Å². The third kappa shape index (κ3) is 3.02. The number of rotatable bonds is 5. The van der Waals surface area contributed by atoms with Crippen LogP contribution in [0.5, 0.6) is 0 Å². The van der Waals surface area contributed by atoms with Crippen LogP contribution in [0.2, 0.25) is 0 Å². The molecule has 0 aliphatic carbocycles. The fraction of sp³-hybridized carbons (Fsp3) is 0. The van der Waals surface area contributed by atoms with Crippen molar-refractivity contribution in [2.45, 2.75) is 0 Å². The highest BCUT2D eigenvalue weighted by Crippen LogP contribution is 2.56. The molecule has 1 nitrogen and oxygen atoms in total. The Bertz CT molecular complexity index is 683. The van der Waals surface area contributed by atoms with Gasteiger partial charge < -0.3 is 0 Å². The molecule has 2 heteroatoms. The van der Waals surface area contributed by atoms with E-state index in [0.717, 1.165) is 6.29 Å². The molecule has 0 N–H and O–H groups in total. The normalized spacial score (nSPS) is 11.5. The zero-order valence-electron chi connectivity index (χ0n) is 12.7. The average Bonchev–Trinajstić information content (AvgIpc) is 2.65. The Morgan fingerprint density at radius 2 is 0.913 bits per heavy atom. The van der Waals surface area contributed by atoms with Gasteiger partial charge in [0, 0.05) is 6.08 Å². The molecule has 0 atom stereocenters. The van der Waals surface area contributed by atoms with Crippen molar-refractivity contribution in [1.82, 2.24) is 0 Å². The molecule has 0 aliphatic heterocycles. The molecule has 0 unspecified atom stereocenters. The van der Waals surface area contributed by atoms with Gasteiger partial charge in [0.25, 0.3) is 0 Å². The molecular formula is C21H18OP+. The third-order valence-corrected chi connectivity index (χ3v) is 7.84. The Kier molecular flexibility index (Phi) is 4.80. The highest BCUT2D eigenvalue weighted by molar-refractivity contribution is 7.98. The van der Waals surface area contributed by atoms with Gasteiger partial charge in [-0.05, 0) is 36.4 Å². The van der Waals surface area contributed by atoms with Crippen molar-refractivity contribution >= 4 is 29.5 Å². The molecule has 0 aliphatic rings. The van der Waals surface area contributed by atoms with Gasteiger partial charge in [-0.15, -0.1) is 0 Å². The number of benzene rings is 3. The van der Waals surface area contributed by atoms with E-state index in [2.05, 4.69) is 78.6 Å². The van der Waals surface area contributed by atoms with Crippen LogP contribution in [-0.2, 0) is 4.79 Å². The van der Waals surface area contributed by atoms with E-state index >= 15 is 0 Å². The highest BCUT2D eigenvalue weighted by atomic mass is 31.2. The van der Waals surface area contributed by atoms with Gasteiger partial charge in [0.05, 0.1) is 5.82 Å². The molecule has 3 aromatic carbocycles. The molecule has 0 fully saturated rings. The number of carbonyl (C=O) groups is 1. The smallest absolute Gasteiger partial charge is 0.146 e. The highest BCUT2D eigenvalue weighted by Gasteiger charge is 2.42. The standard InChI is InChI=1S/C21H18OP/c22-17-10-18-23(19-11-4-1-5-12-19,20-13-6-2-7-14-20)21-15-8-3-9-16-21/h1-18H/q+1. The molecule has 112 valence electrons. The van der Waals surface area contributed by atoms with E-state index in [4.69, 9.17) is 0 Å². The molecule has 0 bridgehead atoms. The topological polar surface area (TPSA) is 17.1 Å². The lowest BCUT2D eigenvalue weighted by atomic mass is 10.4. The van der Waals surface area contributed by atoms with Crippen LogP contribution < -0.4 is 15.9 Å². The van der Waals surface area contributed by atoms with Crippen LogP contribution >= 0.6 is 7.26 Å². The van der Waals surface area contributed by atoms with E-state index in [1.54, 1.807) is 6.08 Å². The Labute approximate surface area is 137 Å². The second-order valence-corrected chi connectivity index (χ2v) is 8.50. The van der Waals surface area contributed by atoms with Gasteiger partial charge in [-0.25, -0.2) is 0 Å². The molecule has 0 saturated carbocycles. The van der Waals surface area contributed by atoms with Crippen molar-refractivity contribution in [3.05, 3.63) is 103 Å². The molecular weight excluding hydrogens is 299 g/mol. The first-order chi connectivity index (χ1) is 11.4. The molecule has 0 amide bonds. The zero-order valence-corrected chi connectivity index (χ0v) is 13.6. The summed E-state index contributed by atoms with van der Waals surface area (Å²) in [7, 11) is -1.98. The number of hydrogen-bond acceptors (Lipinski definition) is 1. The third-order valence-electron chi connectivity index (χ3n) is 3.88. The SMILES string of the molecule is O=CC=C[P+](c1ccccc1)(c1ccccc1)c1ccccc1. The fourth-order valence-electron chi connectivity index (χ4n) is 2.86. The Balaban J connectivity index is 2.35. The summed E-state index contributed by atoms with van der Waals surface area (Å²) in [6.45, 7) is 0. The van der Waals surface area contributed by atoms with E-state index in [0.29, 0.717) is 0 Å². The average molecular weight is 317 g/mol. The monoisotopic (exact) mass is 317 g/mol. The Morgan fingerprint density at radius 1 is 0.565 bits per heavy atom. The van der Waals surface area contributed by atoms with Crippen molar-refractivity contribution in [3.63, 3.8) is 0 Å². The molecule has 3 rings (SSSR count). The first-order valence-electron chi connectivity index (χ1n) is 7.56. The number of allylic oxidation sites excluding steroid dienone is 1. The first-order valence-corrected chi connectivity index (χ1v) is 9.42. The summed E-state index contributed by atoms with van der Waals surface area (Å²) >= 11 is 0. The Hall–Kier alpha value is -2.50. The zero-order chi connectivity index (χ0) is 16.0. The van der Waals surface area contributed by atoms with E-state index in [1.165, 1.54) is 15.9 Å². The summed E-state index contributed by atoms with van der Waals surface area (Å²) in [5, 5.41) is 3.74. The lowest BCUT2D eigenvalue weighted by Crippen LogP contribution is -2.29. The van der Waals surface area contributed by atoms with Gasteiger partial charge in [-0.3, -0.25) is 4.79 Å². The predicted octanol–water partition coefficient (Wildman–Crippen LogP) is 3.69. The van der Waals surface area contributed by atoms with Gasteiger partial charge in [-0.2, -0.15) is 0 Å². The van der Waals surface area contributed by atoms with E-state index < -0.39 is 7.26 Å². The van der Waals surface area contributed by atoms with Crippen LogP contribution in [-0.4, -0.2) is 6.29 Å². The van der Waals surface area contributed by atoms with Gasteiger partial charge in [0.15, 0.2) is 0 Å². The minimum atomic E-state index is -1.98. The van der Waals surface area contributed by atoms with E-state index in [1.807, 2.05) is 18.2 Å². The van der Waals surface area contributed by atoms with Crippen LogP contribution in [0.1, 0.15) is 0 Å². The largest absolute Gasteiger partial charge is 0.298 e. The minimum Gasteiger partial charge on any atom is -0.298 e. The number of carbonyl (C=O) groups excluding carboxylic acids is 1.